The van der Waals surface area contributed by atoms with Crippen molar-refractivity contribution < 1.29 is 0 Å². The number of hydrogen-bond donors (Lipinski definition) is 1. The van der Waals surface area contributed by atoms with Crippen LogP contribution in [0.3, 0.4) is 0 Å². The van der Waals surface area contributed by atoms with Gasteiger partial charge in [0.25, 0.3) is 0 Å². The zero-order chi connectivity index (χ0) is 14.6. The predicted octanol–water partition coefficient (Wildman–Crippen LogP) is 1.73. The monoisotopic (exact) mass is 298 g/mol. The number of hydrogen-bond acceptors (Lipinski definition) is 3. The van der Waals surface area contributed by atoms with Crippen molar-refractivity contribution in [1.82, 2.24) is 15.1 Å². The van der Waals surface area contributed by atoms with Crippen molar-refractivity contribution >= 4 is 17.7 Å². The normalized spacial score (nSPS) is 31.9. The molecule has 2 rings (SSSR count). The molecule has 0 aromatic rings. The highest BCUT2D eigenvalue weighted by atomic mass is 32.2. The number of rotatable bonds is 3. The van der Waals surface area contributed by atoms with E-state index in [4.69, 9.17) is 0 Å². The van der Waals surface area contributed by atoms with Crippen molar-refractivity contribution in [2.24, 2.45) is 10.9 Å². The first kappa shape index (κ1) is 16.0. The summed E-state index contributed by atoms with van der Waals surface area (Å²) in [5.74, 6) is 4.38. The van der Waals surface area contributed by atoms with Crippen LogP contribution in [-0.2, 0) is 0 Å². The van der Waals surface area contributed by atoms with Crippen LogP contribution in [0, 0.1) is 5.92 Å². The summed E-state index contributed by atoms with van der Waals surface area (Å²) in [5, 5.41) is 3.64. The highest BCUT2D eigenvalue weighted by Gasteiger charge is 2.37. The van der Waals surface area contributed by atoms with Crippen molar-refractivity contribution in [2.45, 2.75) is 31.7 Å². The van der Waals surface area contributed by atoms with E-state index in [0.717, 1.165) is 31.5 Å². The molecule has 0 amide bonds. The lowest BCUT2D eigenvalue weighted by Gasteiger charge is -2.39. The Kier molecular flexibility index (Phi) is 5.61. The first-order chi connectivity index (χ1) is 9.57. The van der Waals surface area contributed by atoms with E-state index in [0.29, 0.717) is 5.54 Å². The average Bonchev–Trinajstić information content (AvgIpc) is 2.90. The molecule has 0 bridgehead atoms. The molecular weight excluding hydrogens is 268 g/mol. The molecule has 2 unspecified atom stereocenters. The Hall–Kier alpha value is -0.420. The van der Waals surface area contributed by atoms with E-state index >= 15 is 0 Å². The second-order valence-electron chi connectivity index (χ2n) is 6.52. The highest BCUT2D eigenvalue weighted by Crippen LogP contribution is 2.31. The Morgan fingerprint density at radius 3 is 2.85 bits per heavy atom. The van der Waals surface area contributed by atoms with Gasteiger partial charge in [0.15, 0.2) is 5.96 Å². The van der Waals surface area contributed by atoms with Gasteiger partial charge in [-0.15, -0.1) is 0 Å². The van der Waals surface area contributed by atoms with Crippen LogP contribution in [0.15, 0.2) is 4.99 Å². The first-order valence-electron chi connectivity index (χ1n) is 7.78. The molecule has 5 heteroatoms. The van der Waals surface area contributed by atoms with Crippen molar-refractivity contribution in [3.8, 4) is 0 Å². The minimum absolute atomic E-state index is 0.294. The molecule has 2 saturated heterocycles. The molecule has 4 nitrogen and oxygen atoms in total. The third kappa shape index (κ3) is 3.61. The Bertz CT molecular complexity index is 337. The highest BCUT2D eigenvalue weighted by molar-refractivity contribution is 7.99. The van der Waals surface area contributed by atoms with Gasteiger partial charge in [-0.3, -0.25) is 4.99 Å². The fourth-order valence-electron chi connectivity index (χ4n) is 3.20. The SMILES string of the molecule is CN=C(NCC1(N(C)C)CCSC1)N1CCCC(C)C1. The maximum atomic E-state index is 4.50. The lowest BCUT2D eigenvalue weighted by Crippen LogP contribution is -2.56. The van der Waals surface area contributed by atoms with Gasteiger partial charge in [-0.2, -0.15) is 11.8 Å². The van der Waals surface area contributed by atoms with Crippen LogP contribution in [0.5, 0.6) is 0 Å². The second-order valence-corrected chi connectivity index (χ2v) is 7.62. The Morgan fingerprint density at radius 2 is 2.30 bits per heavy atom. The standard InChI is InChI=1S/C15H30N4S/c1-13-6-5-8-19(10-13)14(16-2)17-11-15(18(3)4)7-9-20-12-15/h13H,5-12H2,1-4H3,(H,16,17). The molecule has 20 heavy (non-hydrogen) atoms. The number of guanidine groups is 1. The van der Waals surface area contributed by atoms with Crippen molar-refractivity contribution in [3.63, 3.8) is 0 Å². The van der Waals surface area contributed by atoms with E-state index in [1.165, 1.54) is 30.8 Å². The topological polar surface area (TPSA) is 30.9 Å². The van der Waals surface area contributed by atoms with Gasteiger partial charge in [-0.05, 0) is 45.0 Å². The summed E-state index contributed by atoms with van der Waals surface area (Å²) < 4.78 is 0. The minimum Gasteiger partial charge on any atom is -0.354 e. The number of aliphatic imine (C=N–C) groups is 1. The fraction of sp³-hybridized carbons (Fsp3) is 0.933. The minimum atomic E-state index is 0.294. The van der Waals surface area contributed by atoms with Gasteiger partial charge >= 0.3 is 0 Å². The molecule has 0 saturated carbocycles. The van der Waals surface area contributed by atoms with Gasteiger partial charge in [0, 0.05) is 38.0 Å². The summed E-state index contributed by atoms with van der Waals surface area (Å²) in [6.07, 6.45) is 3.91. The molecule has 2 fully saturated rings. The summed E-state index contributed by atoms with van der Waals surface area (Å²) in [6, 6.07) is 0. The number of likely N-dealkylation sites (tertiary alicyclic amines) is 1. The van der Waals surface area contributed by atoms with E-state index in [1.54, 1.807) is 0 Å². The number of thioether (sulfide) groups is 1. The molecule has 2 heterocycles. The maximum absolute atomic E-state index is 4.50. The van der Waals surface area contributed by atoms with Crippen LogP contribution >= 0.6 is 11.8 Å². The van der Waals surface area contributed by atoms with Gasteiger partial charge in [0.05, 0.1) is 0 Å². The van der Waals surface area contributed by atoms with Crippen LogP contribution < -0.4 is 5.32 Å². The summed E-state index contributed by atoms with van der Waals surface area (Å²) in [6.45, 7) is 5.63. The molecule has 2 aliphatic rings. The number of nitrogens with one attached hydrogen (secondary N) is 1. The molecule has 0 aromatic heterocycles. The quantitative estimate of drug-likeness (QED) is 0.635. The largest absolute Gasteiger partial charge is 0.354 e. The Labute approximate surface area is 128 Å². The number of likely N-dealkylation sites (N-methyl/N-ethyl adjacent to an activating group) is 1. The lowest BCUT2D eigenvalue weighted by atomic mass is 9.97. The van der Waals surface area contributed by atoms with Crippen LogP contribution in [0.25, 0.3) is 0 Å². The third-order valence-corrected chi connectivity index (χ3v) is 6.01. The van der Waals surface area contributed by atoms with E-state index in [1.807, 2.05) is 7.05 Å². The molecule has 116 valence electrons. The van der Waals surface area contributed by atoms with E-state index in [2.05, 4.69) is 52.9 Å². The lowest BCUT2D eigenvalue weighted by molar-refractivity contribution is 0.179. The van der Waals surface area contributed by atoms with Crippen LogP contribution in [0.1, 0.15) is 26.2 Å². The molecule has 1 N–H and O–H groups in total. The molecule has 0 spiro atoms. The summed E-state index contributed by atoms with van der Waals surface area (Å²) >= 11 is 2.07. The average molecular weight is 298 g/mol. The fourth-order valence-corrected chi connectivity index (χ4v) is 4.76. The van der Waals surface area contributed by atoms with Crippen LogP contribution in [0.4, 0.5) is 0 Å². The van der Waals surface area contributed by atoms with Gasteiger partial charge in [-0.1, -0.05) is 6.92 Å². The third-order valence-electron chi connectivity index (χ3n) is 4.78. The van der Waals surface area contributed by atoms with E-state index in [9.17, 15) is 0 Å². The first-order valence-corrected chi connectivity index (χ1v) is 8.94. The molecular formula is C15H30N4S. The van der Waals surface area contributed by atoms with Crippen LogP contribution in [-0.4, -0.2) is 73.6 Å². The molecule has 2 aliphatic heterocycles. The molecule has 2 atom stereocenters. The number of piperidine rings is 1. The summed E-state index contributed by atoms with van der Waals surface area (Å²) in [4.78, 5) is 9.33. The second kappa shape index (κ2) is 7.03. The van der Waals surface area contributed by atoms with Crippen molar-refractivity contribution in [2.75, 3.05) is 52.3 Å². The molecule has 0 radical (unpaired) electrons. The van der Waals surface area contributed by atoms with E-state index in [-0.39, 0.29) is 0 Å². The smallest absolute Gasteiger partial charge is 0.193 e. The molecule has 0 aliphatic carbocycles. The summed E-state index contributed by atoms with van der Waals surface area (Å²) in [5.41, 5.74) is 0.294. The molecule has 0 aromatic carbocycles. The van der Waals surface area contributed by atoms with E-state index < -0.39 is 0 Å². The predicted molar refractivity (Wildman–Crippen MR) is 89.7 cm³/mol. The van der Waals surface area contributed by atoms with Crippen LogP contribution in [0.2, 0.25) is 0 Å². The zero-order valence-corrected chi connectivity index (χ0v) is 14.3. The van der Waals surface area contributed by atoms with Gasteiger partial charge in [-0.25, -0.2) is 0 Å². The van der Waals surface area contributed by atoms with Gasteiger partial charge in [0.1, 0.15) is 0 Å². The maximum Gasteiger partial charge on any atom is 0.193 e. The van der Waals surface area contributed by atoms with Gasteiger partial charge < -0.3 is 15.1 Å². The summed E-state index contributed by atoms with van der Waals surface area (Å²) in [7, 11) is 6.33. The zero-order valence-electron chi connectivity index (χ0n) is 13.5. The number of nitrogens with zero attached hydrogens (tertiary/aromatic N) is 3. The van der Waals surface area contributed by atoms with Crippen molar-refractivity contribution in [3.05, 3.63) is 0 Å². The van der Waals surface area contributed by atoms with Crippen molar-refractivity contribution in [1.29, 1.82) is 0 Å². The Balaban J connectivity index is 1.93. The van der Waals surface area contributed by atoms with Gasteiger partial charge in [0.2, 0.25) is 0 Å². The Morgan fingerprint density at radius 1 is 1.50 bits per heavy atom.